The Labute approximate surface area is 262 Å². The molecule has 0 atom stereocenters. The minimum absolute atomic E-state index is 0.0194. The van der Waals surface area contributed by atoms with E-state index in [-0.39, 0.29) is 30.4 Å². The Kier molecular flexibility index (Phi) is 11.5. The van der Waals surface area contributed by atoms with E-state index in [1.54, 1.807) is 12.1 Å². The van der Waals surface area contributed by atoms with Crippen LogP contribution in [0.3, 0.4) is 0 Å². The van der Waals surface area contributed by atoms with Crippen LogP contribution in [0.4, 0.5) is 5.69 Å². The zero-order valence-corrected chi connectivity index (χ0v) is 26.9. The van der Waals surface area contributed by atoms with Crippen LogP contribution in [-0.4, -0.2) is 36.9 Å². The van der Waals surface area contributed by atoms with E-state index in [9.17, 15) is 13.0 Å². The van der Waals surface area contributed by atoms with Gasteiger partial charge in [-0.3, -0.25) is 13.8 Å². The van der Waals surface area contributed by atoms with Crippen molar-refractivity contribution in [3.8, 4) is 28.7 Å². The molecule has 0 heterocycles. The van der Waals surface area contributed by atoms with Crippen LogP contribution in [0.2, 0.25) is 0 Å². The molecule has 0 aliphatic rings. The van der Waals surface area contributed by atoms with Crippen LogP contribution in [0.1, 0.15) is 16.7 Å². The van der Waals surface area contributed by atoms with Crippen LogP contribution < -0.4 is 28.2 Å². The molecular weight excluding hydrogens is 621 g/mol. The van der Waals surface area contributed by atoms with Gasteiger partial charge in [-0.2, -0.15) is 0 Å². The smallest absolute Gasteiger partial charge is 0.496 e. The van der Waals surface area contributed by atoms with Crippen molar-refractivity contribution in [1.29, 1.82) is 0 Å². The fourth-order valence-electron chi connectivity index (χ4n) is 4.09. The summed E-state index contributed by atoms with van der Waals surface area (Å²) in [6, 6.07) is 25.9. The number of hydrogen-bond donors (Lipinski definition) is 1. The van der Waals surface area contributed by atoms with Crippen LogP contribution in [0.25, 0.3) is 6.08 Å². The van der Waals surface area contributed by atoms with Crippen molar-refractivity contribution in [3.63, 3.8) is 0 Å². The van der Waals surface area contributed by atoms with E-state index in [4.69, 9.17) is 32.5 Å². The van der Waals surface area contributed by atoms with E-state index in [0.717, 1.165) is 16.5 Å². The van der Waals surface area contributed by atoms with Gasteiger partial charge >= 0.3 is 7.82 Å². The summed E-state index contributed by atoms with van der Waals surface area (Å²) in [7, 11) is -2.69. The number of phosphoric ester groups is 1. The van der Waals surface area contributed by atoms with Gasteiger partial charge in [-0.1, -0.05) is 66.7 Å². The molecule has 0 aromatic heterocycles. The van der Waals surface area contributed by atoms with Gasteiger partial charge in [0.15, 0.2) is 11.5 Å². The quantitative estimate of drug-likeness (QED) is 0.125. The average Bonchev–Trinajstić information content (AvgIpc) is 3.06. The molecule has 238 valence electrons. The van der Waals surface area contributed by atoms with Crippen LogP contribution in [0.15, 0.2) is 96.4 Å². The molecule has 11 nitrogen and oxygen atoms in total. The normalized spacial score (nSPS) is 11.6. The number of hydrogen-bond acceptors (Lipinski definition) is 10. The molecule has 0 spiro atoms. The fraction of sp³-hybridized carbons (Fsp3) is 0.188. The van der Waals surface area contributed by atoms with Crippen molar-refractivity contribution in [1.82, 2.24) is 0 Å². The lowest BCUT2D eigenvalue weighted by molar-refractivity contribution is 0.142. The van der Waals surface area contributed by atoms with Crippen molar-refractivity contribution in [2.75, 3.05) is 33.2 Å². The highest BCUT2D eigenvalue weighted by molar-refractivity contribution is 7.95. The third-order valence-corrected chi connectivity index (χ3v) is 8.59. The minimum Gasteiger partial charge on any atom is -0.496 e. The molecule has 1 N–H and O–H groups in total. The Hall–Kier alpha value is -4.48. The van der Waals surface area contributed by atoms with Crippen LogP contribution >= 0.6 is 7.82 Å². The van der Waals surface area contributed by atoms with E-state index in [2.05, 4.69) is 4.72 Å². The lowest BCUT2D eigenvalue weighted by Crippen LogP contribution is -2.11. The summed E-state index contributed by atoms with van der Waals surface area (Å²) in [4.78, 5) is 0. The van der Waals surface area contributed by atoms with E-state index < -0.39 is 17.8 Å². The van der Waals surface area contributed by atoms with E-state index in [1.165, 1.54) is 52.7 Å². The zero-order valence-electron chi connectivity index (χ0n) is 25.2. The SMILES string of the molecule is COc1cc(OC)c(C=CS(=O)(=O)Nc2cccc(OP(=O)(OCc3ccccc3)OCc3ccccc3)c2OC)c(OC)c1. The minimum atomic E-state index is -4.27. The van der Waals surface area contributed by atoms with Gasteiger partial charge in [0, 0.05) is 12.1 Å². The molecule has 0 amide bonds. The van der Waals surface area contributed by atoms with Gasteiger partial charge in [0.25, 0.3) is 10.0 Å². The highest BCUT2D eigenvalue weighted by Gasteiger charge is 2.31. The third kappa shape index (κ3) is 9.26. The summed E-state index contributed by atoms with van der Waals surface area (Å²) in [6.45, 7) is -0.130. The number of methoxy groups -OCH3 is 4. The zero-order chi connectivity index (χ0) is 32.3. The van der Waals surface area contributed by atoms with Gasteiger partial charge in [0.05, 0.1) is 58.3 Å². The Bertz CT molecular complexity index is 1680. The average molecular weight is 656 g/mol. The van der Waals surface area contributed by atoms with Crippen molar-refractivity contribution < 1.29 is 45.5 Å². The largest absolute Gasteiger partial charge is 0.530 e. The number of phosphoric acid groups is 1. The van der Waals surface area contributed by atoms with E-state index in [0.29, 0.717) is 22.8 Å². The van der Waals surface area contributed by atoms with Gasteiger partial charge in [0.2, 0.25) is 0 Å². The summed E-state index contributed by atoms with van der Waals surface area (Å²) in [5.74, 6) is 1.05. The van der Waals surface area contributed by atoms with Crippen LogP contribution in [0, 0.1) is 0 Å². The van der Waals surface area contributed by atoms with Crippen LogP contribution in [-0.2, 0) is 36.8 Å². The molecule has 0 saturated heterocycles. The summed E-state index contributed by atoms with van der Waals surface area (Å²) >= 11 is 0. The molecule has 0 radical (unpaired) electrons. The Morgan fingerprint density at radius 3 is 1.73 bits per heavy atom. The molecule has 0 saturated carbocycles. The van der Waals surface area contributed by atoms with E-state index in [1.807, 2.05) is 60.7 Å². The predicted octanol–water partition coefficient (Wildman–Crippen LogP) is 7.05. The van der Waals surface area contributed by atoms with Crippen molar-refractivity contribution >= 4 is 29.6 Å². The molecule has 13 heteroatoms. The van der Waals surface area contributed by atoms with Gasteiger partial charge in [-0.25, -0.2) is 13.0 Å². The summed E-state index contributed by atoms with van der Waals surface area (Å²) in [5.41, 5.74) is 1.89. The standard InChI is InChI=1S/C32H34NO10PS/c1-37-26-20-30(38-2)27(31(21-26)39-3)18-19-45(35,36)33-28-16-11-17-29(32(28)40-4)43-44(34,41-22-24-12-7-5-8-13-24)42-23-25-14-9-6-10-15-25/h5-21,33H,22-23H2,1-4H3. The first-order chi connectivity index (χ1) is 21.7. The second-order valence-electron chi connectivity index (χ2n) is 9.29. The van der Waals surface area contributed by atoms with Gasteiger partial charge in [-0.05, 0) is 29.3 Å². The monoisotopic (exact) mass is 655 g/mol. The molecule has 0 unspecified atom stereocenters. The fourth-order valence-corrected chi connectivity index (χ4v) is 6.12. The van der Waals surface area contributed by atoms with Crippen LogP contribution in [0.5, 0.6) is 28.7 Å². The summed E-state index contributed by atoms with van der Waals surface area (Å²) < 4.78 is 81.5. The lowest BCUT2D eigenvalue weighted by Gasteiger charge is -2.21. The number of para-hydroxylation sites is 1. The summed E-state index contributed by atoms with van der Waals surface area (Å²) in [6.07, 6.45) is 1.33. The van der Waals surface area contributed by atoms with Gasteiger partial charge < -0.3 is 23.5 Å². The van der Waals surface area contributed by atoms with Crippen molar-refractivity contribution in [2.45, 2.75) is 13.2 Å². The molecule has 4 rings (SSSR count). The Balaban J connectivity index is 1.60. The van der Waals surface area contributed by atoms with E-state index >= 15 is 0 Å². The molecular formula is C32H34NO10PS. The predicted molar refractivity (Wildman–Crippen MR) is 171 cm³/mol. The molecule has 0 bridgehead atoms. The third-order valence-electron chi connectivity index (χ3n) is 6.28. The maximum absolute atomic E-state index is 13.9. The maximum Gasteiger partial charge on any atom is 0.530 e. The van der Waals surface area contributed by atoms with Crippen molar-refractivity contribution in [3.05, 3.63) is 113 Å². The molecule has 0 aliphatic carbocycles. The molecule has 45 heavy (non-hydrogen) atoms. The number of anilines is 1. The lowest BCUT2D eigenvalue weighted by atomic mass is 10.1. The molecule has 4 aromatic rings. The first-order valence-corrected chi connectivity index (χ1v) is 16.5. The molecule has 0 aliphatic heterocycles. The number of nitrogens with one attached hydrogen (secondary N) is 1. The second-order valence-corrected chi connectivity index (χ2v) is 12.4. The summed E-state index contributed by atoms with van der Waals surface area (Å²) in [5, 5.41) is 0.948. The van der Waals surface area contributed by atoms with Crippen molar-refractivity contribution in [2.24, 2.45) is 0 Å². The Morgan fingerprint density at radius 1 is 0.689 bits per heavy atom. The number of benzene rings is 4. The molecule has 0 fully saturated rings. The van der Waals surface area contributed by atoms with Gasteiger partial charge in [-0.15, -0.1) is 0 Å². The Morgan fingerprint density at radius 2 is 1.24 bits per heavy atom. The highest BCUT2D eigenvalue weighted by Crippen LogP contribution is 2.54. The van der Waals surface area contributed by atoms with Gasteiger partial charge in [0.1, 0.15) is 17.2 Å². The second kappa shape index (κ2) is 15.5. The first-order valence-electron chi connectivity index (χ1n) is 13.5. The highest BCUT2D eigenvalue weighted by atomic mass is 32.2. The molecule has 4 aromatic carbocycles. The number of rotatable bonds is 16. The topological polar surface area (TPSA) is 128 Å². The number of sulfonamides is 1. The number of ether oxygens (including phenoxy) is 4. The maximum atomic E-state index is 13.9. The first kappa shape index (κ1) is 33.4.